The van der Waals surface area contributed by atoms with Gasteiger partial charge in [-0.05, 0) is 48.7 Å². The van der Waals surface area contributed by atoms with Crippen molar-refractivity contribution in [1.82, 2.24) is 20.2 Å². The van der Waals surface area contributed by atoms with Crippen LogP contribution in [0.3, 0.4) is 0 Å². The minimum Gasteiger partial charge on any atom is -0.479 e. The fraction of sp³-hybridized carbons (Fsp3) is 0.429. The molecule has 2 aromatic rings. The van der Waals surface area contributed by atoms with Gasteiger partial charge in [-0.3, -0.25) is 0 Å². The molecule has 2 rings (SSSR count). The number of aromatic nitrogens is 4. The van der Waals surface area contributed by atoms with E-state index in [0.29, 0.717) is 12.2 Å². The Kier molecular flexibility index (Phi) is 3.57. The molecule has 0 aliphatic heterocycles. The lowest BCUT2D eigenvalue weighted by Crippen LogP contribution is -2.39. The molecular formula is C14H18N4O2. The SMILES string of the molecule is CCC(C)(C(=O)O)n1nnnc1-c1cccc(C)c1C. The van der Waals surface area contributed by atoms with Crippen molar-refractivity contribution < 1.29 is 9.90 Å². The minimum absolute atomic E-state index is 0.394. The summed E-state index contributed by atoms with van der Waals surface area (Å²) in [6.07, 6.45) is 0.394. The average molecular weight is 274 g/mol. The summed E-state index contributed by atoms with van der Waals surface area (Å²) >= 11 is 0. The van der Waals surface area contributed by atoms with Crippen LogP contribution in [0.25, 0.3) is 11.4 Å². The Labute approximate surface area is 117 Å². The highest BCUT2D eigenvalue weighted by atomic mass is 16.4. The quantitative estimate of drug-likeness (QED) is 0.924. The molecule has 1 heterocycles. The summed E-state index contributed by atoms with van der Waals surface area (Å²) in [5.74, 6) is -0.461. The van der Waals surface area contributed by atoms with Crippen LogP contribution in [0.1, 0.15) is 31.4 Å². The highest BCUT2D eigenvalue weighted by Crippen LogP contribution is 2.28. The summed E-state index contributed by atoms with van der Waals surface area (Å²) in [6.45, 7) is 7.42. The van der Waals surface area contributed by atoms with Gasteiger partial charge in [0.25, 0.3) is 0 Å². The van der Waals surface area contributed by atoms with Crippen LogP contribution in [0, 0.1) is 13.8 Å². The number of carbonyl (C=O) groups is 1. The second kappa shape index (κ2) is 5.03. The molecule has 1 aromatic carbocycles. The summed E-state index contributed by atoms with van der Waals surface area (Å²) in [5.41, 5.74) is 1.86. The van der Waals surface area contributed by atoms with Gasteiger partial charge in [-0.15, -0.1) is 5.10 Å². The first-order chi connectivity index (χ1) is 9.41. The van der Waals surface area contributed by atoms with Crippen molar-refractivity contribution >= 4 is 5.97 Å². The second-order valence-corrected chi connectivity index (χ2v) is 5.09. The highest BCUT2D eigenvalue weighted by Gasteiger charge is 2.37. The van der Waals surface area contributed by atoms with Crippen LogP contribution in [-0.4, -0.2) is 31.3 Å². The standard InChI is InChI=1S/C14H18N4O2/c1-5-14(4,13(19)20)18-12(15-16-17-18)11-8-6-7-9(2)10(11)3/h6-8H,5H2,1-4H3,(H,19,20). The molecule has 1 aromatic heterocycles. The average Bonchev–Trinajstić information content (AvgIpc) is 2.90. The van der Waals surface area contributed by atoms with Gasteiger partial charge >= 0.3 is 5.97 Å². The third-order valence-electron chi connectivity index (χ3n) is 3.93. The monoisotopic (exact) mass is 274 g/mol. The Balaban J connectivity index is 2.65. The molecule has 1 atom stereocenters. The van der Waals surface area contributed by atoms with Crippen molar-refractivity contribution in [2.24, 2.45) is 0 Å². The number of tetrazole rings is 1. The van der Waals surface area contributed by atoms with Gasteiger partial charge in [0.1, 0.15) is 0 Å². The first kappa shape index (κ1) is 14.2. The zero-order valence-corrected chi connectivity index (χ0v) is 12.1. The van der Waals surface area contributed by atoms with E-state index < -0.39 is 11.5 Å². The maximum Gasteiger partial charge on any atom is 0.331 e. The number of nitrogens with zero attached hydrogens (tertiary/aromatic N) is 4. The Hall–Kier alpha value is -2.24. The lowest BCUT2D eigenvalue weighted by Gasteiger charge is -2.24. The third kappa shape index (κ3) is 2.07. The number of rotatable bonds is 4. The molecule has 0 saturated carbocycles. The van der Waals surface area contributed by atoms with Crippen LogP contribution < -0.4 is 0 Å². The van der Waals surface area contributed by atoms with E-state index in [-0.39, 0.29) is 0 Å². The molecular weight excluding hydrogens is 256 g/mol. The first-order valence-electron chi connectivity index (χ1n) is 6.50. The number of hydrogen-bond donors (Lipinski definition) is 1. The van der Waals surface area contributed by atoms with E-state index in [4.69, 9.17) is 0 Å². The lowest BCUT2D eigenvalue weighted by atomic mass is 9.97. The van der Waals surface area contributed by atoms with Gasteiger partial charge in [0.2, 0.25) is 0 Å². The van der Waals surface area contributed by atoms with Crippen LogP contribution in [0.4, 0.5) is 0 Å². The molecule has 0 radical (unpaired) electrons. The van der Waals surface area contributed by atoms with E-state index in [0.717, 1.165) is 16.7 Å². The van der Waals surface area contributed by atoms with Crippen LogP contribution in [0.2, 0.25) is 0 Å². The van der Waals surface area contributed by atoms with Gasteiger partial charge in [-0.1, -0.05) is 25.1 Å². The molecule has 1 unspecified atom stereocenters. The zero-order valence-electron chi connectivity index (χ0n) is 12.1. The van der Waals surface area contributed by atoms with Gasteiger partial charge in [-0.2, -0.15) is 0 Å². The van der Waals surface area contributed by atoms with Crippen molar-refractivity contribution in [3.63, 3.8) is 0 Å². The summed E-state index contributed by atoms with van der Waals surface area (Å²) in [5, 5.41) is 21.1. The molecule has 0 saturated heterocycles. The maximum absolute atomic E-state index is 11.6. The molecule has 0 fully saturated rings. The van der Waals surface area contributed by atoms with Crippen molar-refractivity contribution in [2.75, 3.05) is 0 Å². The molecule has 0 amide bonds. The normalized spacial score (nSPS) is 14.0. The lowest BCUT2D eigenvalue weighted by molar-refractivity contribution is -0.147. The molecule has 0 aliphatic carbocycles. The fourth-order valence-electron chi connectivity index (χ4n) is 2.07. The molecule has 1 N–H and O–H groups in total. The highest BCUT2D eigenvalue weighted by molar-refractivity contribution is 5.77. The molecule has 20 heavy (non-hydrogen) atoms. The number of carboxylic acid groups (broad SMARTS) is 1. The predicted octanol–water partition coefficient (Wildman–Crippen LogP) is 2.17. The maximum atomic E-state index is 11.6. The predicted molar refractivity (Wildman–Crippen MR) is 74.3 cm³/mol. The van der Waals surface area contributed by atoms with Gasteiger partial charge < -0.3 is 5.11 Å². The van der Waals surface area contributed by atoms with Crippen LogP contribution >= 0.6 is 0 Å². The second-order valence-electron chi connectivity index (χ2n) is 5.09. The van der Waals surface area contributed by atoms with Crippen molar-refractivity contribution in [3.05, 3.63) is 29.3 Å². The number of benzene rings is 1. The summed E-state index contributed by atoms with van der Waals surface area (Å²) in [7, 11) is 0. The van der Waals surface area contributed by atoms with Crippen molar-refractivity contribution in [1.29, 1.82) is 0 Å². The fourth-order valence-corrected chi connectivity index (χ4v) is 2.07. The third-order valence-corrected chi connectivity index (χ3v) is 3.93. The Morgan fingerprint density at radius 1 is 1.40 bits per heavy atom. The molecule has 106 valence electrons. The minimum atomic E-state index is -1.16. The Morgan fingerprint density at radius 2 is 2.10 bits per heavy atom. The largest absolute Gasteiger partial charge is 0.479 e. The van der Waals surface area contributed by atoms with Crippen LogP contribution in [0.15, 0.2) is 18.2 Å². The summed E-state index contributed by atoms with van der Waals surface area (Å²) in [4.78, 5) is 11.6. The number of aliphatic carboxylic acids is 1. The van der Waals surface area contributed by atoms with E-state index >= 15 is 0 Å². The smallest absolute Gasteiger partial charge is 0.331 e. The van der Waals surface area contributed by atoms with E-state index in [2.05, 4.69) is 15.5 Å². The van der Waals surface area contributed by atoms with Crippen molar-refractivity contribution in [2.45, 2.75) is 39.7 Å². The first-order valence-corrected chi connectivity index (χ1v) is 6.50. The molecule has 0 spiro atoms. The molecule has 0 bridgehead atoms. The topological polar surface area (TPSA) is 80.9 Å². The van der Waals surface area contributed by atoms with E-state index in [1.165, 1.54) is 4.68 Å². The van der Waals surface area contributed by atoms with Crippen LogP contribution in [0.5, 0.6) is 0 Å². The molecule has 6 heteroatoms. The molecule has 6 nitrogen and oxygen atoms in total. The van der Waals surface area contributed by atoms with E-state index in [1.54, 1.807) is 6.92 Å². The van der Waals surface area contributed by atoms with E-state index in [1.807, 2.05) is 39.0 Å². The summed E-state index contributed by atoms with van der Waals surface area (Å²) in [6, 6.07) is 5.83. The van der Waals surface area contributed by atoms with Gasteiger partial charge in [0, 0.05) is 5.56 Å². The number of hydrogen-bond acceptors (Lipinski definition) is 4. The number of carboxylic acids is 1. The van der Waals surface area contributed by atoms with Crippen molar-refractivity contribution in [3.8, 4) is 11.4 Å². The van der Waals surface area contributed by atoms with Gasteiger partial charge in [0.15, 0.2) is 11.4 Å². The number of aryl methyl sites for hydroxylation is 1. The Bertz CT molecular complexity index is 650. The Morgan fingerprint density at radius 3 is 2.70 bits per heavy atom. The van der Waals surface area contributed by atoms with Gasteiger partial charge in [-0.25, -0.2) is 9.48 Å². The van der Waals surface area contributed by atoms with E-state index in [9.17, 15) is 9.90 Å². The molecule has 0 aliphatic rings. The van der Waals surface area contributed by atoms with Gasteiger partial charge in [0.05, 0.1) is 0 Å². The zero-order chi connectivity index (χ0) is 14.9. The van der Waals surface area contributed by atoms with Crippen LogP contribution in [-0.2, 0) is 10.3 Å². The summed E-state index contributed by atoms with van der Waals surface area (Å²) < 4.78 is 1.40.